The zero-order chi connectivity index (χ0) is 24.2. The summed E-state index contributed by atoms with van der Waals surface area (Å²) in [7, 11) is 0. The Balaban J connectivity index is 1.50. The lowest BCUT2D eigenvalue weighted by Gasteiger charge is -2.18. The number of benzene rings is 3. The molecule has 0 saturated carbocycles. The van der Waals surface area contributed by atoms with E-state index in [0.29, 0.717) is 6.61 Å². The first-order valence-corrected chi connectivity index (χ1v) is 11.6. The molecule has 1 atom stereocenters. The summed E-state index contributed by atoms with van der Waals surface area (Å²) in [6, 6.07) is 24.0. The largest absolute Gasteiger partial charge is 0.489 e. The predicted molar refractivity (Wildman–Crippen MR) is 135 cm³/mol. The van der Waals surface area contributed by atoms with E-state index in [4.69, 9.17) is 9.47 Å². The SMILES string of the molecule is CCOC(=O)N[C@H](CC(=O)N/N=C\c1ccc(OCc2ccc(Br)cc2)cc1)c1ccccc1. The number of halogens is 1. The summed E-state index contributed by atoms with van der Waals surface area (Å²) in [6.45, 7) is 2.44. The highest BCUT2D eigenvalue weighted by Gasteiger charge is 2.18. The molecule has 8 heteroatoms. The average Bonchev–Trinajstić information content (AvgIpc) is 2.85. The number of hydrogen-bond acceptors (Lipinski definition) is 5. The van der Waals surface area contributed by atoms with Crippen molar-refractivity contribution in [3.8, 4) is 5.75 Å². The van der Waals surface area contributed by atoms with Crippen LogP contribution in [0.25, 0.3) is 0 Å². The summed E-state index contributed by atoms with van der Waals surface area (Å²) in [5.41, 5.74) is 5.18. The normalized spacial score (nSPS) is 11.6. The summed E-state index contributed by atoms with van der Waals surface area (Å²) in [5, 5.41) is 6.74. The maximum absolute atomic E-state index is 12.4. The van der Waals surface area contributed by atoms with Crippen molar-refractivity contribution in [3.63, 3.8) is 0 Å². The lowest BCUT2D eigenvalue weighted by molar-refractivity contribution is -0.121. The van der Waals surface area contributed by atoms with E-state index in [0.717, 1.165) is 26.9 Å². The van der Waals surface area contributed by atoms with Crippen LogP contribution in [0.1, 0.15) is 36.1 Å². The molecule has 0 radical (unpaired) electrons. The van der Waals surface area contributed by atoms with Gasteiger partial charge in [-0.05, 0) is 60.0 Å². The smallest absolute Gasteiger partial charge is 0.407 e. The van der Waals surface area contributed by atoms with Crippen LogP contribution in [-0.2, 0) is 16.1 Å². The number of rotatable bonds is 10. The highest BCUT2D eigenvalue weighted by molar-refractivity contribution is 9.10. The number of amides is 2. The van der Waals surface area contributed by atoms with Gasteiger partial charge in [0.15, 0.2) is 0 Å². The molecule has 0 unspecified atom stereocenters. The molecule has 0 aliphatic rings. The minimum atomic E-state index is -0.574. The fraction of sp³-hybridized carbons (Fsp3) is 0.192. The summed E-state index contributed by atoms with van der Waals surface area (Å²) < 4.78 is 11.8. The van der Waals surface area contributed by atoms with E-state index >= 15 is 0 Å². The molecule has 3 aromatic carbocycles. The van der Waals surface area contributed by atoms with Crippen molar-refractivity contribution in [1.29, 1.82) is 0 Å². The maximum atomic E-state index is 12.4. The Labute approximate surface area is 207 Å². The molecule has 2 N–H and O–H groups in total. The zero-order valence-electron chi connectivity index (χ0n) is 18.7. The number of carbonyl (C=O) groups is 2. The van der Waals surface area contributed by atoms with E-state index in [2.05, 4.69) is 31.8 Å². The molecule has 0 aliphatic carbocycles. The lowest BCUT2D eigenvalue weighted by Crippen LogP contribution is -2.33. The molecule has 0 saturated heterocycles. The van der Waals surface area contributed by atoms with Gasteiger partial charge < -0.3 is 14.8 Å². The van der Waals surface area contributed by atoms with Gasteiger partial charge in [-0.1, -0.05) is 58.4 Å². The van der Waals surface area contributed by atoms with Crippen molar-refractivity contribution in [2.45, 2.75) is 26.0 Å². The predicted octanol–water partition coefficient (Wildman–Crippen LogP) is 5.36. The Hall–Kier alpha value is -3.65. The van der Waals surface area contributed by atoms with Crippen molar-refractivity contribution in [1.82, 2.24) is 10.7 Å². The Morgan fingerprint density at radius 1 is 1.00 bits per heavy atom. The topological polar surface area (TPSA) is 89.0 Å². The molecule has 0 aromatic heterocycles. The third kappa shape index (κ3) is 8.37. The van der Waals surface area contributed by atoms with Gasteiger partial charge >= 0.3 is 6.09 Å². The number of hydrogen-bond donors (Lipinski definition) is 2. The van der Waals surface area contributed by atoms with E-state index in [1.165, 1.54) is 0 Å². The van der Waals surface area contributed by atoms with Gasteiger partial charge in [0.1, 0.15) is 12.4 Å². The second-order valence-corrected chi connectivity index (χ2v) is 8.23. The van der Waals surface area contributed by atoms with Crippen LogP contribution in [0.3, 0.4) is 0 Å². The molecule has 0 fully saturated rings. The molecular formula is C26H26BrN3O4. The summed E-state index contributed by atoms with van der Waals surface area (Å²) in [6.07, 6.45) is 0.991. The first kappa shape index (κ1) is 25.0. The lowest BCUT2D eigenvalue weighted by atomic mass is 10.0. The molecule has 176 valence electrons. The van der Waals surface area contributed by atoms with Gasteiger partial charge in [0, 0.05) is 4.47 Å². The Morgan fingerprint density at radius 3 is 2.38 bits per heavy atom. The van der Waals surface area contributed by atoms with Crippen LogP contribution in [0.5, 0.6) is 5.75 Å². The van der Waals surface area contributed by atoms with E-state index in [-0.39, 0.29) is 18.9 Å². The third-order valence-corrected chi connectivity index (χ3v) is 5.29. The van der Waals surface area contributed by atoms with Crippen LogP contribution in [0.15, 0.2) is 88.4 Å². The number of ether oxygens (including phenoxy) is 2. The number of nitrogens with zero attached hydrogens (tertiary/aromatic N) is 1. The van der Waals surface area contributed by atoms with E-state index in [9.17, 15) is 9.59 Å². The van der Waals surface area contributed by atoms with Gasteiger partial charge in [0.2, 0.25) is 5.91 Å². The number of carbonyl (C=O) groups excluding carboxylic acids is 2. The maximum Gasteiger partial charge on any atom is 0.407 e. The molecule has 2 amide bonds. The summed E-state index contributed by atoms with van der Waals surface area (Å²) >= 11 is 3.42. The van der Waals surface area contributed by atoms with Gasteiger partial charge in [-0.15, -0.1) is 0 Å². The van der Waals surface area contributed by atoms with Crippen molar-refractivity contribution in [3.05, 3.63) is 100 Å². The molecule has 0 bridgehead atoms. The van der Waals surface area contributed by atoms with Crippen LogP contribution in [0, 0.1) is 0 Å². The van der Waals surface area contributed by atoms with Crippen molar-refractivity contribution >= 4 is 34.1 Å². The van der Waals surface area contributed by atoms with Gasteiger partial charge in [-0.3, -0.25) is 4.79 Å². The van der Waals surface area contributed by atoms with Crippen molar-refractivity contribution in [2.75, 3.05) is 6.61 Å². The molecule has 3 aromatic rings. The monoisotopic (exact) mass is 523 g/mol. The second-order valence-electron chi connectivity index (χ2n) is 7.31. The highest BCUT2D eigenvalue weighted by atomic mass is 79.9. The second kappa shape index (κ2) is 13.2. The van der Waals surface area contributed by atoms with E-state index in [1.54, 1.807) is 13.1 Å². The van der Waals surface area contributed by atoms with Gasteiger partial charge in [0.05, 0.1) is 25.3 Å². The highest BCUT2D eigenvalue weighted by Crippen LogP contribution is 2.17. The van der Waals surface area contributed by atoms with Gasteiger partial charge in [0.25, 0.3) is 0 Å². The molecule has 7 nitrogen and oxygen atoms in total. The first-order valence-electron chi connectivity index (χ1n) is 10.8. The number of alkyl carbamates (subject to hydrolysis) is 1. The molecule has 34 heavy (non-hydrogen) atoms. The standard InChI is InChI=1S/C26H26BrN3O4/c1-2-33-26(32)29-24(21-6-4-3-5-7-21)16-25(31)30-28-17-19-10-14-23(15-11-19)34-18-20-8-12-22(27)13-9-20/h3-15,17,24H,2,16,18H2,1H3,(H,29,32)(H,30,31)/b28-17-/t24-/m1/s1. The van der Waals surface area contributed by atoms with E-state index < -0.39 is 12.1 Å². The molecule has 0 aliphatic heterocycles. The Morgan fingerprint density at radius 2 is 1.71 bits per heavy atom. The molecule has 3 rings (SSSR count). The van der Waals surface area contributed by atoms with Crippen molar-refractivity contribution in [2.24, 2.45) is 5.10 Å². The van der Waals surface area contributed by atoms with Gasteiger partial charge in [-0.2, -0.15) is 5.10 Å². The minimum Gasteiger partial charge on any atom is -0.489 e. The summed E-state index contributed by atoms with van der Waals surface area (Å²) in [5.74, 6) is 0.399. The number of hydrazone groups is 1. The molecule has 0 heterocycles. The Bertz CT molecular complexity index is 1090. The van der Waals surface area contributed by atoms with E-state index in [1.807, 2.05) is 78.9 Å². The first-order chi connectivity index (χ1) is 16.5. The molecule has 0 spiro atoms. The zero-order valence-corrected chi connectivity index (χ0v) is 20.3. The quantitative estimate of drug-likeness (QED) is 0.276. The number of nitrogens with one attached hydrogen (secondary N) is 2. The Kier molecular flexibility index (Phi) is 9.66. The van der Waals surface area contributed by atoms with Crippen LogP contribution in [0.2, 0.25) is 0 Å². The van der Waals surface area contributed by atoms with Crippen LogP contribution in [-0.4, -0.2) is 24.8 Å². The van der Waals surface area contributed by atoms with Crippen LogP contribution >= 0.6 is 15.9 Å². The van der Waals surface area contributed by atoms with Crippen molar-refractivity contribution < 1.29 is 19.1 Å². The summed E-state index contributed by atoms with van der Waals surface area (Å²) in [4.78, 5) is 24.3. The fourth-order valence-electron chi connectivity index (χ4n) is 3.06. The fourth-order valence-corrected chi connectivity index (χ4v) is 3.32. The average molecular weight is 524 g/mol. The van der Waals surface area contributed by atoms with Crippen LogP contribution in [0.4, 0.5) is 4.79 Å². The molecular weight excluding hydrogens is 498 g/mol. The minimum absolute atomic E-state index is 0.0169. The van der Waals surface area contributed by atoms with Gasteiger partial charge in [-0.25, -0.2) is 10.2 Å². The third-order valence-electron chi connectivity index (χ3n) is 4.76. The van der Waals surface area contributed by atoms with Crippen LogP contribution < -0.4 is 15.5 Å².